The average molecular weight is 398 g/mol. The first kappa shape index (κ1) is 17.7. The van der Waals surface area contributed by atoms with Crippen molar-refractivity contribution < 1.29 is 9.21 Å². The van der Waals surface area contributed by atoms with Crippen LogP contribution in [0.5, 0.6) is 0 Å². The number of rotatable bonds is 6. The first-order valence-electron chi connectivity index (χ1n) is 8.53. The number of oxazole rings is 1. The van der Waals surface area contributed by atoms with Gasteiger partial charge in [0.05, 0.1) is 16.4 Å². The van der Waals surface area contributed by atoms with Gasteiger partial charge < -0.3 is 9.73 Å². The summed E-state index contributed by atoms with van der Waals surface area (Å²) in [4.78, 5) is 20.8. The zero-order valence-corrected chi connectivity index (χ0v) is 15.9. The van der Waals surface area contributed by atoms with Crippen molar-refractivity contribution in [3.63, 3.8) is 0 Å². The van der Waals surface area contributed by atoms with E-state index in [1.807, 2.05) is 42.5 Å². The molecule has 0 saturated carbocycles. The summed E-state index contributed by atoms with van der Waals surface area (Å²) >= 11 is 7.39. The zero-order chi connectivity index (χ0) is 18.6. The summed E-state index contributed by atoms with van der Waals surface area (Å²) < 4.78 is 6.71. The van der Waals surface area contributed by atoms with Crippen LogP contribution in [0.1, 0.15) is 18.7 Å². The van der Waals surface area contributed by atoms with E-state index in [1.54, 1.807) is 12.3 Å². The summed E-state index contributed by atoms with van der Waals surface area (Å²) in [5.41, 5.74) is 1.82. The largest absolute Gasteiger partial charge is 0.441 e. The van der Waals surface area contributed by atoms with Gasteiger partial charge in [0.15, 0.2) is 16.8 Å². The van der Waals surface area contributed by atoms with Gasteiger partial charge in [-0.05, 0) is 24.6 Å². The number of anilines is 1. The third kappa shape index (κ3) is 4.35. The molecular weight excluding hydrogens is 382 g/mol. The van der Waals surface area contributed by atoms with Crippen LogP contribution in [0.25, 0.3) is 21.5 Å². The van der Waals surface area contributed by atoms with Crippen molar-refractivity contribution in [2.45, 2.75) is 19.3 Å². The van der Waals surface area contributed by atoms with Gasteiger partial charge in [-0.15, -0.1) is 0 Å². The second-order valence-electron chi connectivity index (χ2n) is 6.02. The van der Waals surface area contributed by atoms with Gasteiger partial charge in [0.25, 0.3) is 0 Å². The fourth-order valence-corrected chi connectivity index (χ4v) is 3.85. The van der Waals surface area contributed by atoms with Crippen molar-refractivity contribution in [2.75, 3.05) is 5.32 Å². The molecule has 0 fully saturated rings. The number of carbonyl (C=O) groups excluding carboxylic acids is 1. The summed E-state index contributed by atoms with van der Waals surface area (Å²) in [7, 11) is 0. The van der Waals surface area contributed by atoms with Crippen LogP contribution in [0.2, 0.25) is 5.02 Å². The van der Waals surface area contributed by atoms with E-state index < -0.39 is 0 Å². The molecule has 0 saturated heterocycles. The lowest BCUT2D eigenvalue weighted by molar-refractivity contribution is -0.116. The number of halogens is 1. The van der Waals surface area contributed by atoms with Gasteiger partial charge in [0, 0.05) is 23.4 Å². The third-order valence-corrected chi connectivity index (χ3v) is 5.17. The minimum absolute atomic E-state index is 0.0741. The highest BCUT2D eigenvalue weighted by Crippen LogP contribution is 2.28. The Balaban J connectivity index is 1.30. The molecule has 7 heteroatoms. The van der Waals surface area contributed by atoms with E-state index in [9.17, 15) is 4.79 Å². The van der Waals surface area contributed by atoms with E-state index in [0.29, 0.717) is 35.3 Å². The predicted octanol–water partition coefficient (Wildman–Crippen LogP) is 5.57. The number of amides is 1. The molecule has 5 nitrogen and oxygen atoms in total. The summed E-state index contributed by atoms with van der Waals surface area (Å²) in [5, 5.41) is 4.08. The van der Waals surface area contributed by atoms with Crippen LogP contribution in [-0.4, -0.2) is 15.9 Å². The van der Waals surface area contributed by atoms with Crippen LogP contribution >= 0.6 is 22.9 Å². The minimum atomic E-state index is -0.0741. The molecule has 0 aliphatic heterocycles. The molecule has 0 atom stereocenters. The molecule has 0 unspecified atom stereocenters. The van der Waals surface area contributed by atoms with Crippen molar-refractivity contribution >= 4 is 44.2 Å². The fourth-order valence-electron chi connectivity index (χ4n) is 2.70. The first-order chi connectivity index (χ1) is 13.2. The van der Waals surface area contributed by atoms with Gasteiger partial charge >= 0.3 is 0 Å². The molecule has 1 amide bonds. The van der Waals surface area contributed by atoms with Crippen molar-refractivity contribution in [3.8, 4) is 11.3 Å². The molecule has 2 aromatic heterocycles. The first-order valence-corrected chi connectivity index (χ1v) is 9.73. The molecule has 27 heavy (non-hydrogen) atoms. The van der Waals surface area contributed by atoms with E-state index in [2.05, 4.69) is 15.3 Å². The molecule has 0 radical (unpaired) electrons. The Morgan fingerprint density at radius 1 is 1.19 bits per heavy atom. The molecule has 0 aliphatic carbocycles. The highest BCUT2D eigenvalue weighted by molar-refractivity contribution is 7.22. The Labute approximate surface area is 165 Å². The molecule has 0 aliphatic rings. The summed E-state index contributed by atoms with van der Waals surface area (Å²) in [6, 6.07) is 15.3. The second-order valence-corrected chi connectivity index (χ2v) is 7.48. The predicted molar refractivity (Wildman–Crippen MR) is 108 cm³/mol. The van der Waals surface area contributed by atoms with Gasteiger partial charge in [0.1, 0.15) is 0 Å². The van der Waals surface area contributed by atoms with Crippen molar-refractivity contribution in [2.24, 2.45) is 0 Å². The Kier molecular flexibility index (Phi) is 5.18. The van der Waals surface area contributed by atoms with Crippen LogP contribution in [0.4, 0.5) is 5.13 Å². The quantitative estimate of drug-likeness (QED) is 0.462. The lowest BCUT2D eigenvalue weighted by Crippen LogP contribution is -2.11. The van der Waals surface area contributed by atoms with Crippen LogP contribution in [0.3, 0.4) is 0 Å². The van der Waals surface area contributed by atoms with E-state index in [-0.39, 0.29) is 5.91 Å². The van der Waals surface area contributed by atoms with E-state index in [4.69, 9.17) is 16.0 Å². The van der Waals surface area contributed by atoms with Gasteiger partial charge in [-0.25, -0.2) is 9.97 Å². The molecule has 2 heterocycles. The van der Waals surface area contributed by atoms with Gasteiger partial charge in [-0.2, -0.15) is 0 Å². The molecule has 0 bridgehead atoms. The van der Waals surface area contributed by atoms with Crippen LogP contribution in [-0.2, 0) is 11.2 Å². The highest BCUT2D eigenvalue weighted by atomic mass is 35.5. The normalized spacial score (nSPS) is 11.0. The van der Waals surface area contributed by atoms with Gasteiger partial charge in [-0.1, -0.05) is 53.3 Å². The second kappa shape index (κ2) is 7.90. The average Bonchev–Trinajstić information content (AvgIpc) is 3.28. The smallest absolute Gasteiger partial charge is 0.226 e. The molecule has 2 aromatic carbocycles. The van der Waals surface area contributed by atoms with Crippen molar-refractivity contribution in [3.05, 3.63) is 65.6 Å². The molecule has 0 spiro atoms. The maximum absolute atomic E-state index is 12.2. The maximum atomic E-state index is 12.2. The molecule has 136 valence electrons. The molecule has 4 rings (SSSR count). The lowest BCUT2D eigenvalue weighted by Gasteiger charge is -2.00. The minimum Gasteiger partial charge on any atom is -0.441 e. The SMILES string of the molecule is O=C(CCCc1ncc(-c2ccccc2)o1)Nc1nc2ccc(Cl)cc2s1. The number of nitrogens with zero attached hydrogens (tertiary/aromatic N) is 2. The monoisotopic (exact) mass is 397 g/mol. The van der Waals surface area contributed by atoms with Crippen molar-refractivity contribution in [1.82, 2.24) is 9.97 Å². The number of thiazole rings is 1. The maximum Gasteiger partial charge on any atom is 0.226 e. The number of fused-ring (bicyclic) bond motifs is 1. The van der Waals surface area contributed by atoms with Crippen molar-refractivity contribution in [1.29, 1.82) is 0 Å². The standard InChI is InChI=1S/C20H16ClN3O2S/c21-14-9-10-15-17(11-14)27-20(23-15)24-18(25)7-4-8-19-22-12-16(26-19)13-5-2-1-3-6-13/h1-3,5-6,9-12H,4,7-8H2,(H,23,24,25). The van der Waals surface area contributed by atoms with Gasteiger partial charge in [0.2, 0.25) is 5.91 Å². The summed E-state index contributed by atoms with van der Waals surface area (Å²) in [6.45, 7) is 0. The Morgan fingerprint density at radius 2 is 2.04 bits per heavy atom. The molecular formula is C20H16ClN3O2S. The Morgan fingerprint density at radius 3 is 2.89 bits per heavy atom. The number of benzene rings is 2. The van der Waals surface area contributed by atoms with Gasteiger partial charge in [-0.3, -0.25) is 4.79 Å². The molecule has 4 aromatic rings. The van der Waals surface area contributed by atoms with Crippen LogP contribution in [0.15, 0.2) is 59.1 Å². The van der Waals surface area contributed by atoms with Crippen LogP contribution in [0, 0.1) is 0 Å². The number of hydrogen-bond donors (Lipinski definition) is 1. The topological polar surface area (TPSA) is 68.0 Å². The van der Waals surface area contributed by atoms with E-state index in [1.165, 1.54) is 11.3 Å². The number of aromatic nitrogens is 2. The zero-order valence-electron chi connectivity index (χ0n) is 14.3. The third-order valence-electron chi connectivity index (χ3n) is 4.00. The summed E-state index contributed by atoms with van der Waals surface area (Å²) in [6.07, 6.45) is 3.35. The van der Waals surface area contributed by atoms with Crippen LogP contribution < -0.4 is 5.32 Å². The number of aryl methyl sites for hydroxylation is 1. The fraction of sp³-hybridized carbons (Fsp3) is 0.150. The number of carbonyl (C=O) groups is 1. The van der Waals surface area contributed by atoms with E-state index >= 15 is 0 Å². The number of hydrogen-bond acceptors (Lipinski definition) is 5. The van der Waals surface area contributed by atoms with E-state index in [0.717, 1.165) is 21.5 Å². The summed E-state index contributed by atoms with van der Waals surface area (Å²) in [5.74, 6) is 1.30. The molecule has 1 N–H and O–H groups in total. The number of nitrogens with one attached hydrogen (secondary N) is 1. The Bertz CT molecular complexity index is 1080. The Hall–Kier alpha value is -2.70. The highest BCUT2D eigenvalue weighted by Gasteiger charge is 2.10. The lowest BCUT2D eigenvalue weighted by atomic mass is 10.2.